The molecule has 0 unspecified atom stereocenters. The van der Waals surface area contributed by atoms with Crippen LogP contribution < -0.4 is 11.2 Å². The zero-order valence-electron chi connectivity index (χ0n) is 10.9. The van der Waals surface area contributed by atoms with Crippen molar-refractivity contribution in [1.82, 2.24) is 9.55 Å². The van der Waals surface area contributed by atoms with E-state index in [-0.39, 0.29) is 12.1 Å². The zero-order valence-corrected chi connectivity index (χ0v) is 10.9. The molecular weight excluding hydrogens is 260 g/mol. The van der Waals surface area contributed by atoms with Gasteiger partial charge in [-0.3, -0.25) is 14.3 Å². The van der Waals surface area contributed by atoms with Gasteiger partial charge < -0.3 is 5.11 Å². The van der Waals surface area contributed by atoms with Crippen LogP contribution in [0.5, 0.6) is 0 Å². The number of aryl methyl sites for hydroxylation is 1. The first kappa shape index (κ1) is 13.8. The standard InChI is InChI=1S/C14H14N2O4/c1-2-9-7-16(14(20)15-12(9)17)8-10-5-3-4-6-11(10)13(18)19/h3-7H,2,8H2,1H3,(H,18,19)(H,15,17,20). The number of hydrogen-bond donors (Lipinski definition) is 2. The molecule has 2 rings (SSSR count). The molecule has 0 amide bonds. The van der Waals surface area contributed by atoms with Crippen LogP contribution in [0, 0.1) is 0 Å². The minimum Gasteiger partial charge on any atom is -0.478 e. The van der Waals surface area contributed by atoms with Crippen LogP contribution in [0.2, 0.25) is 0 Å². The molecule has 0 radical (unpaired) electrons. The average Bonchev–Trinajstić information content (AvgIpc) is 2.42. The first-order valence-electron chi connectivity index (χ1n) is 6.16. The van der Waals surface area contributed by atoms with Gasteiger partial charge in [0.15, 0.2) is 0 Å². The number of aromatic amines is 1. The molecule has 2 aromatic rings. The normalized spacial score (nSPS) is 10.4. The first-order valence-corrected chi connectivity index (χ1v) is 6.16. The molecule has 0 spiro atoms. The number of rotatable bonds is 4. The van der Waals surface area contributed by atoms with Gasteiger partial charge in [-0.1, -0.05) is 25.1 Å². The Morgan fingerprint density at radius 1 is 1.25 bits per heavy atom. The summed E-state index contributed by atoms with van der Waals surface area (Å²) >= 11 is 0. The van der Waals surface area contributed by atoms with Gasteiger partial charge in [-0.25, -0.2) is 9.59 Å². The van der Waals surface area contributed by atoms with E-state index in [2.05, 4.69) is 4.98 Å². The highest BCUT2D eigenvalue weighted by atomic mass is 16.4. The SMILES string of the molecule is CCc1cn(Cc2ccccc2C(=O)O)c(=O)[nH]c1=O. The van der Waals surface area contributed by atoms with E-state index in [1.54, 1.807) is 18.2 Å². The van der Waals surface area contributed by atoms with E-state index >= 15 is 0 Å². The number of aromatic nitrogens is 2. The number of carboxylic acid groups (broad SMARTS) is 1. The minimum absolute atomic E-state index is 0.102. The Bertz CT molecular complexity index is 758. The lowest BCUT2D eigenvalue weighted by Crippen LogP contribution is -2.32. The van der Waals surface area contributed by atoms with E-state index < -0.39 is 17.2 Å². The molecule has 104 valence electrons. The maximum Gasteiger partial charge on any atom is 0.336 e. The van der Waals surface area contributed by atoms with E-state index in [4.69, 9.17) is 5.11 Å². The molecular formula is C14H14N2O4. The van der Waals surface area contributed by atoms with E-state index in [0.29, 0.717) is 17.5 Å². The Morgan fingerprint density at radius 2 is 1.95 bits per heavy atom. The average molecular weight is 274 g/mol. The van der Waals surface area contributed by atoms with Crippen LogP contribution in [0.25, 0.3) is 0 Å². The molecule has 0 aliphatic heterocycles. The maximum atomic E-state index is 11.8. The Hall–Kier alpha value is -2.63. The molecule has 0 atom stereocenters. The smallest absolute Gasteiger partial charge is 0.336 e. The van der Waals surface area contributed by atoms with Crippen molar-refractivity contribution in [3.63, 3.8) is 0 Å². The summed E-state index contributed by atoms with van der Waals surface area (Å²) in [6.45, 7) is 1.91. The third-order valence-electron chi connectivity index (χ3n) is 3.05. The van der Waals surface area contributed by atoms with Crippen molar-refractivity contribution in [1.29, 1.82) is 0 Å². The number of hydrogen-bond acceptors (Lipinski definition) is 3. The number of benzene rings is 1. The van der Waals surface area contributed by atoms with Gasteiger partial charge in [0.05, 0.1) is 12.1 Å². The molecule has 1 heterocycles. The second kappa shape index (κ2) is 5.56. The Labute approximate surface area is 114 Å². The summed E-state index contributed by atoms with van der Waals surface area (Å²) in [6, 6.07) is 6.46. The lowest BCUT2D eigenvalue weighted by atomic mass is 10.1. The van der Waals surface area contributed by atoms with Crippen LogP contribution in [-0.2, 0) is 13.0 Å². The van der Waals surface area contributed by atoms with Gasteiger partial charge in [0.2, 0.25) is 0 Å². The number of nitrogens with zero attached hydrogens (tertiary/aromatic N) is 1. The minimum atomic E-state index is -1.05. The summed E-state index contributed by atoms with van der Waals surface area (Å²) < 4.78 is 1.31. The topological polar surface area (TPSA) is 92.2 Å². The van der Waals surface area contributed by atoms with E-state index in [0.717, 1.165) is 0 Å². The fraction of sp³-hybridized carbons (Fsp3) is 0.214. The Kier molecular flexibility index (Phi) is 3.84. The maximum absolute atomic E-state index is 11.8. The summed E-state index contributed by atoms with van der Waals surface area (Å²) in [4.78, 5) is 36.6. The molecule has 0 bridgehead atoms. The van der Waals surface area contributed by atoms with Crippen molar-refractivity contribution in [2.24, 2.45) is 0 Å². The van der Waals surface area contributed by atoms with E-state index in [9.17, 15) is 14.4 Å². The monoisotopic (exact) mass is 274 g/mol. The number of carbonyl (C=O) groups is 1. The number of H-pyrrole nitrogens is 1. The molecule has 2 N–H and O–H groups in total. The molecule has 0 saturated carbocycles. The quantitative estimate of drug-likeness (QED) is 0.864. The zero-order chi connectivity index (χ0) is 14.7. The lowest BCUT2D eigenvalue weighted by Gasteiger charge is -2.09. The van der Waals surface area contributed by atoms with Gasteiger partial charge in [-0.05, 0) is 18.1 Å². The molecule has 6 heteroatoms. The van der Waals surface area contributed by atoms with Crippen molar-refractivity contribution in [2.75, 3.05) is 0 Å². The van der Waals surface area contributed by atoms with Gasteiger partial charge in [0.1, 0.15) is 0 Å². The number of carboxylic acids is 1. The molecule has 0 aliphatic rings. The summed E-state index contributed by atoms with van der Waals surface area (Å²) in [5.41, 5.74) is 0.185. The predicted molar refractivity (Wildman–Crippen MR) is 73.2 cm³/mol. The largest absolute Gasteiger partial charge is 0.478 e. The van der Waals surface area contributed by atoms with Crippen molar-refractivity contribution < 1.29 is 9.90 Å². The summed E-state index contributed by atoms with van der Waals surface area (Å²) in [5.74, 6) is -1.05. The summed E-state index contributed by atoms with van der Waals surface area (Å²) in [5, 5.41) is 9.11. The van der Waals surface area contributed by atoms with Crippen LogP contribution >= 0.6 is 0 Å². The van der Waals surface area contributed by atoms with Crippen molar-refractivity contribution in [3.8, 4) is 0 Å². The fourth-order valence-corrected chi connectivity index (χ4v) is 1.97. The highest BCUT2D eigenvalue weighted by Gasteiger charge is 2.11. The molecule has 1 aromatic carbocycles. The van der Waals surface area contributed by atoms with Crippen LogP contribution in [0.4, 0.5) is 0 Å². The molecule has 0 saturated heterocycles. The van der Waals surface area contributed by atoms with Crippen LogP contribution in [-0.4, -0.2) is 20.6 Å². The molecule has 0 aliphatic carbocycles. The molecule has 20 heavy (non-hydrogen) atoms. The van der Waals surface area contributed by atoms with Crippen LogP contribution in [0.1, 0.15) is 28.4 Å². The molecule has 1 aromatic heterocycles. The first-order chi connectivity index (χ1) is 9.52. The van der Waals surface area contributed by atoms with Crippen LogP contribution in [0.15, 0.2) is 40.1 Å². The Morgan fingerprint density at radius 3 is 2.60 bits per heavy atom. The highest BCUT2D eigenvalue weighted by molar-refractivity contribution is 5.89. The van der Waals surface area contributed by atoms with Crippen molar-refractivity contribution in [3.05, 3.63) is 68.0 Å². The molecule has 0 fully saturated rings. The van der Waals surface area contributed by atoms with Crippen molar-refractivity contribution in [2.45, 2.75) is 19.9 Å². The summed E-state index contributed by atoms with van der Waals surface area (Å²) in [7, 11) is 0. The lowest BCUT2D eigenvalue weighted by molar-refractivity contribution is 0.0695. The van der Waals surface area contributed by atoms with E-state index in [1.165, 1.54) is 16.8 Å². The molecule has 6 nitrogen and oxygen atoms in total. The summed E-state index contributed by atoms with van der Waals surface area (Å²) in [6.07, 6.45) is 1.97. The second-order valence-electron chi connectivity index (χ2n) is 4.36. The van der Waals surface area contributed by atoms with Gasteiger partial charge in [0.25, 0.3) is 5.56 Å². The van der Waals surface area contributed by atoms with Gasteiger partial charge in [-0.15, -0.1) is 0 Å². The van der Waals surface area contributed by atoms with Gasteiger partial charge in [-0.2, -0.15) is 0 Å². The van der Waals surface area contributed by atoms with Crippen molar-refractivity contribution >= 4 is 5.97 Å². The fourth-order valence-electron chi connectivity index (χ4n) is 1.97. The third kappa shape index (κ3) is 2.69. The highest BCUT2D eigenvalue weighted by Crippen LogP contribution is 2.09. The van der Waals surface area contributed by atoms with Gasteiger partial charge in [0, 0.05) is 11.8 Å². The van der Waals surface area contributed by atoms with Crippen LogP contribution in [0.3, 0.4) is 0 Å². The van der Waals surface area contributed by atoms with E-state index in [1.807, 2.05) is 6.92 Å². The third-order valence-corrected chi connectivity index (χ3v) is 3.05. The number of nitrogens with one attached hydrogen (secondary N) is 1. The Balaban J connectivity index is 2.48. The second-order valence-corrected chi connectivity index (χ2v) is 4.36. The number of aromatic carboxylic acids is 1. The predicted octanol–water partition coefficient (Wildman–Crippen LogP) is 0.846. The van der Waals surface area contributed by atoms with Gasteiger partial charge >= 0.3 is 11.7 Å².